The highest BCUT2D eigenvalue weighted by Gasteiger charge is 2.46. The van der Waals surface area contributed by atoms with Gasteiger partial charge < -0.3 is 19.8 Å². The summed E-state index contributed by atoms with van der Waals surface area (Å²) in [7, 11) is 0. The number of carbonyl (C=O) groups excluding carboxylic acids is 2. The summed E-state index contributed by atoms with van der Waals surface area (Å²) in [6.45, 7) is 0.168. The number of ether oxygens (including phenoxy) is 1. The van der Waals surface area contributed by atoms with E-state index in [0.717, 1.165) is 0 Å². The lowest BCUT2D eigenvalue weighted by atomic mass is 10.00. The number of Topliss-reactive ketones (excluding diaryl/α,β-unsaturated/α-hetero) is 1. The van der Waals surface area contributed by atoms with E-state index in [4.69, 9.17) is 9.84 Å². The molecule has 9 nitrogen and oxygen atoms in total. The van der Waals surface area contributed by atoms with Crippen LogP contribution in [0.2, 0.25) is 0 Å². The van der Waals surface area contributed by atoms with Gasteiger partial charge in [0.1, 0.15) is 5.76 Å². The number of carbonyl (C=O) groups is 2. The summed E-state index contributed by atoms with van der Waals surface area (Å²) in [6.07, 6.45) is 0. The van der Waals surface area contributed by atoms with Gasteiger partial charge in [-0.25, -0.2) is 0 Å². The Morgan fingerprint density at radius 2 is 1.93 bits per heavy atom. The third-order valence-corrected chi connectivity index (χ3v) is 5.34. The Hall–Kier alpha value is -3.08. The zero-order valence-corrected chi connectivity index (χ0v) is 16.0. The predicted octanol–water partition coefficient (Wildman–Crippen LogP) is 2.09. The molecule has 0 saturated carbocycles. The molecule has 3 rings (SSSR count). The summed E-state index contributed by atoms with van der Waals surface area (Å²) < 4.78 is 5.22. The fourth-order valence-electron chi connectivity index (χ4n) is 3.08. The molecular weight excluding hydrogens is 400 g/mol. The first-order chi connectivity index (χ1) is 14.0. The Bertz CT molecular complexity index is 938. The number of non-ortho nitro benzene ring substituents is 1. The second kappa shape index (κ2) is 8.95. The number of nitro groups is 1. The standard InChI is InChI=1S/C19H18N2O7S/c22-8-10-28-9-7-20-16(14-2-1-11-29-14)15(18(24)19(20)25)17(23)12-3-5-13(6-4-12)21(26)27/h1-6,11,16,22-23H,7-10H2/b17-15-. The second-order valence-corrected chi connectivity index (χ2v) is 7.13. The molecule has 10 heteroatoms. The van der Waals surface area contributed by atoms with Crippen molar-refractivity contribution in [3.8, 4) is 0 Å². The molecule has 1 aromatic carbocycles. The third-order valence-electron chi connectivity index (χ3n) is 4.42. The van der Waals surface area contributed by atoms with Crippen molar-refractivity contribution in [1.29, 1.82) is 0 Å². The molecule has 0 aliphatic carbocycles. The summed E-state index contributed by atoms with van der Waals surface area (Å²) in [6, 6.07) is 7.83. The van der Waals surface area contributed by atoms with Crippen LogP contribution in [0.15, 0.2) is 47.4 Å². The number of nitro benzene ring substituents is 1. The zero-order valence-electron chi connectivity index (χ0n) is 15.2. The monoisotopic (exact) mass is 418 g/mol. The molecule has 1 aromatic heterocycles. The highest BCUT2D eigenvalue weighted by Crippen LogP contribution is 2.40. The normalized spacial score (nSPS) is 18.4. The van der Waals surface area contributed by atoms with Crippen LogP contribution >= 0.6 is 11.3 Å². The van der Waals surface area contributed by atoms with Gasteiger partial charge in [-0.05, 0) is 23.6 Å². The molecule has 0 radical (unpaired) electrons. The Morgan fingerprint density at radius 1 is 1.21 bits per heavy atom. The number of rotatable bonds is 8. The minimum absolute atomic E-state index is 0.0755. The van der Waals surface area contributed by atoms with Crippen molar-refractivity contribution in [1.82, 2.24) is 4.90 Å². The molecule has 29 heavy (non-hydrogen) atoms. The van der Waals surface area contributed by atoms with E-state index in [1.807, 2.05) is 0 Å². The van der Waals surface area contributed by atoms with E-state index in [0.29, 0.717) is 4.88 Å². The van der Waals surface area contributed by atoms with Crippen LogP contribution in [0.5, 0.6) is 0 Å². The predicted molar refractivity (Wildman–Crippen MR) is 104 cm³/mol. The van der Waals surface area contributed by atoms with Crippen molar-refractivity contribution < 1.29 is 29.5 Å². The summed E-state index contributed by atoms with van der Waals surface area (Å²) in [5, 5.41) is 32.2. The molecule has 2 N–H and O–H groups in total. The Labute approximate surface area is 169 Å². The summed E-state index contributed by atoms with van der Waals surface area (Å²) in [5.74, 6) is -1.99. The van der Waals surface area contributed by atoms with Gasteiger partial charge in [0, 0.05) is 29.1 Å². The van der Waals surface area contributed by atoms with Gasteiger partial charge in [0.2, 0.25) is 0 Å². The van der Waals surface area contributed by atoms with Crippen LogP contribution in [0.1, 0.15) is 16.5 Å². The number of thiophene rings is 1. The van der Waals surface area contributed by atoms with Gasteiger partial charge in [-0.1, -0.05) is 6.07 Å². The minimum Gasteiger partial charge on any atom is -0.507 e. The van der Waals surface area contributed by atoms with E-state index in [1.165, 1.54) is 40.5 Å². The van der Waals surface area contributed by atoms with Gasteiger partial charge in [-0.2, -0.15) is 0 Å². The van der Waals surface area contributed by atoms with E-state index in [-0.39, 0.29) is 43.2 Å². The van der Waals surface area contributed by atoms with Crippen molar-refractivity contribution in [3.63, 3.8) is 0 Å². The molecule has 2 heterocycles. The maximum absolute atomic E-state index is 12.7. The van der Waals surface area contributed by atoms with Crippen LogP contribution in [0.4, 0.5) is 5.69 Å². The number of likely N-dealkylation sites (tertiary alicyclic amines) is 1. The minimum atomic E-state index is -0.832. The Morgan fingerprint density at radius 3 is 2.52 bits per heavy atom. The van der Waals surface area contributed by atoms with Crippen LogP contribution in [-0.2, 0) is 14.3 Å². The van der Waals surface area contributed by atoms with Gasteiger partial charge >= 0.3 is 0 Å². The van der Waals surface area contributed by atoms with Gasteiger partial charge in [0.25, 0.3) is 17.4 Å². The van der Waals surface area contributed by atoms with E-state index >= 15 is 0 Å². The first-order valence-electron chi connectivity index (χ1n) is 8.71. The van der Waals surface area contributed by atoms with E-state index in [2.05, 4.69) is 0 Å². The number of aliphatic hydroxyl groups is 2. The van der Waals surface area contributed by atoms with Crippen LogP contribution in [-0.4, -0.2) is 58.1 Å². The van der Waals surface area contributed by atoms with Gasteiger partial charge in [-0.3, -0.25) is 19.7 Å². The highest BCUT2D eigenvalue weighted by molar-refractivity contribution is 7.10. The molecule has 0 spiro atoms. The van der Waals surface area contributed by atoms with Crippen molar-refractivity contribution in [2.75, 3.05) is 26.4 Å². The van der Waals surface area contributed by atoms with Crippen molar-refractivity contribution in [2.24, 2.45) is 0 Å². The largest absolute Gasteiger partial charge is 0.507 e. The molecule has 1 atom stereocenters. The average Bonchev–Trinajstić information content (AvgIpc) is 3.33. The highest BCUT2D eigenvalue weighted by atomic mass is 32.1. The van der Waals surface area contributed by atoms with Crippen LogP contribution in [0.25, 0.3) is 5.76 Å². The van der Waals surface area contributed by atoms with Gasteiger partial charge in [0.15, 0.2) is 0 Å². The molecule has 152 valence electrons. The maximum Gasteiger partial charge on any atom is 0.295 e. The summed E-state index contributed by atoms with van der Waals surface area (Å²) in [4.78, 5) is 37.6. The van der Waals surface area contributed by atoms with Crippen LogP contribution < -0.4 is 0 Å². The first kappa shape index (κ1) is 20.6. The smallest absolute Gasteiger partial charge is 0.295 e. The lowest BCUT2D eigenvalue weighted by molar-refractivity contribution is -0.384. The van der Waals surface area contributed by atoms with E-state index in [9.17, 15) is 24.8 Å². The lowest BCUT2D eigenvalue weighted by Gasteiger charge is -2.23. The lowest BCUT2D eigenvalue weighted by Crippen LogP contribution is -2.32. The van der Waals surface area contributed by atoms with E-state index in [1.54, 1.807) is 17.5 Å². The molecule has 1 amide bonds. The second-order valence-electron chi connectivity index (χ2n) is 6.15. The first-order valence-corrected chi connectivity index (χ1v) is 9.59. The van der Waals surface area contributed by atoms with Crippen LogP contribution in [0, 0.1) is 10.1 Å². The molecule has 2 aromatic rings. The van der Waals surface area contributed by atoms with Gasteiger partial charge in [-0.15, -0.1) is 11.3 Å². The molecule has 1 fully saturated rings. The number of benzene rings is 1. The molecular formula is C19H18N2O7S. The SMILES string of the molecule is O=C1C(=O)N(CCOCCO)C(c2cccs2)/C1=C(/O)c1ccc([N+](=O)[O-])cc1. The maximum atomic E-state index is 12.7. The summed E-state index contributed by atoms with van der Waals surface area (Å²) in [5.41, 5.74) is -0.0296. The van der Waals surface area contributed by atoms with E-state index < -0.39 is 28.4 Å². The molecule has 1 saturated heterocycles. The van der Waals surface area contributed by atoms with Crippen molar-refractivity contribution in [3.05, 3.63) is 67.9 Å². The summed E-state index contributed by atoms with van der Waals surface area (Å²) >= 11 is 1.33. The number of ketones is 1. The molecule has 0 bridgehead atoms. The van der Waals surface area contributed by atoms with Crippen molar-refractivity contribution in [2.45, 2.75) is 6.04 Å². The number of amides is 1. The number of aliphatic hydroxyl groups excluding tert-OH is 2. The fraction of sp³-hybridized carbons (Fsp3) is 0.263. The van der Waals surface area contributed by atoms with Crippen LogP contribution in [0.3, 0.4) is 0 Å². The molecule has 1 unspecified atom stereocenters. The number of hydrogen-bond donors (Lipinski definition) is 2. The average molecular weight is 418 g/mol. The fourth-order valence-corrected chi connectivity index (χ4v) is 3.92. The molecule has 1 aliphatic heterocycles. The number of nitrogens with zero attached hydrogens (tertiary/aromatic N) is 2. The van der Waals surface area contributed by atoms with Crippen molar-refractivity contribution >= 4 is 34.5 Å². The quantitative estimate of drug-likeness (QED) is 0.168. The zero-order chi connectivity index (χ0) is 21.0. The van der Waals surface area contributed by atoms with Gasteiger partial charge in [0.05, 0.1) is 36.4 Å². The Kier molecular flexibility index (Phi) is 6.37. The third kappa shape index (κ3) is 4.19. The topological polar surface area (TPSA) is 130 Å². The molecule has 1 aliphatic rings. The number of hydrogen-bond acceptors (Lipinski definition) is 8. The Balaban J connectivity index is 2.00.